The quantitative estimate of drug-likeness (QED) is 0.313. The second-order valence-corrected chi connectivity index (χ2v) is 7.75. The van der Waals surface area contributed by atoms with Crippen molar-refractivity contribution in [3.8, 4) is 22.9 Å². The zero-order valence-electron chi connectivity index (χ0n) is 19.0. The van der Waals surface area contributed by atoms with Gasteiger partial charge in [-0.15, -0.1) is 6.58 Å². The van der Waals surface area contributed by atoms with Crippen molar-refractivity contribution in [3.63, 3.8) is 0 Å². The van der Waals surface area contributed by atoms with Gasteiger partial charge in [0.1, 0.15) is 11.4 Å². The van der Waals surface area contributed by atoms with Gasteiger partial charge in [0.25, 0.3) is 0 Å². The number of aromatic nitrogens is 2. The molecule has 3 aromatic rings. The van der Waals surface area contributed by atoms with Crippen molar-refractivity contribution >= 4 is 0 Å². The molecule has 6 heteroatoms. The molecule has 1 heterocycles. The highest BCUT2D eigenvalue weighted by Crippen LogP contribution is 2.34. The normalized spacial score (nSPS) is 12.1. The van der Waals surface area contributed by atoms with Crippen LogP contribution in [0.2, 0.25) is 0 Å². The van der Waals surface area contributed by atoms with E-state index in [9.17, 15) is 5.11 Å². The average molecular weight is 436 g/mol. The predicted molar refractivity (Wildman–Crippen MR) is 128 cm³/mol. The van der Waals surface area contributed by atoms with Gasteiger partial charge >= 0.3 is 0 Å². The number of para-hydroxylation sites is 1. The number of ether oxygens (including phenoxy) is 2. The van der Waals surface area contributed by atoms with Gasteiger partial charge < -0.3 is 14.6 Å². The minimum absolute atomic E-state index is 0.276. The summed E-state index contributed by atoms with van der Waals surface area (Å²) in [6, 6.07) is 19.9. The topological polar surface area (TPSA) is 59.8 Å². The van der Waals surface area contributed by atoms with Crippen LogP contribution in [0.1, 0.15) is 18.9 Å². The predicted octanol–water partition coefficient (Wildman–Crippen LogP) is 4.65. The lowest BCUT2D eigenvalue weighted by Gasteiger charge is -2.25. The average Bonchev–Trinajstić information content (AvgIpc) is 3.10. The molecule has 0 bridgehead atoms. The van der Waals surface area contributed by atoms with Crippen LogP contribution >= 0.6 is 0 Å². The molecule has 1 atom stereocenters. The molecule has 0 spiro atoms. The molecule has 32 heavy (non-hydrogen) atoms. The minimum Gasteiger partial charge on any atom is -0.439 e. The molecular formula is C26H33N3O3. The fourth-order valence-electron chi connectivity index (χ4n) is 3.66. The Labute approximate surface area is 190 Å². The van der Waals surface area contributed by atoms with Crippen LogP contribution in [0.4, 0.5) is 0 Å². The SMILES string of the molecule is C=CCOC[C@@H](O)CN(CCC)Cc1c(-c2ccccc2)nn(C)c1Oc1ccccc1. The third kappa shape index (κ3) is 6.53. The fraction of sp³-hybridized carbons (Fsp3) is 0.346. The van der Waals surface area contributed by atoms with Crippen LogP contribution in [0, 0.1) is 0 Å². The van der Waals surface area contributed by atoms with Crippen LogP contribution in [-0.4, -0.2) is 52.2 Å². The van der Waals surface area contributed by atoms with Gasteiger partial charge in [0.2, 0.25) is 5.88 Å². The molecule has 6 nitrogen and oxygen atoms in total. The largest absolute Gasteiger partial charge is 0.439 e. The second kappa shape index (κ2) is 12.2. The van der Waals surface area contributed by atoms with E-state index in [0.29, 0.717) is 25.6 Å². The molecule has 0 unspecified atom stereocenters. The maximum Gasteiger partial charge on any atom is 0.222 e. The summed E-state index contributed by atoms with van der Waals surface area (Å²) in [6.45, 7) is 8.43. The Hall–Kier alpha value is -2.93. The Morgan fingerprint density at radius 1 is 1.12 bits per heavy atom. The summed E-state index contributed by atoms with van der Waals surface area (Å²) >= 11 is 0. The first-order valence-corrected chi connectivity index (χ1v) is 11.1. The number of nitrogens with zero attached hydrogens (tertiary/aromatic N) is 3. The van der Waals surface area contributed by atoms with E-state index in [4.69, 9.17) is 14.6 Å². The maximum atomic E-state index is 10.5. The fourth-order valence-corrected chi connectivity index (χ4v) is 3.66. The summed E-state index contributed by atoms with van der Waals surface area (Å²) in [6.07, 6.45) is 2.07. The summed E-state index contributed by atoms with van der Waals surface area (Å²) in [5, 5.41) is 15.3. The van der Waals surface area contributed by atoms with Crippen LogP contribution < -0.4 is 4.74 Å². The number of aliphatic hydroxyl groups is 1. The zero-order valence-corrected chi connectivity index (χ0v) is 19.0. The molecule has 2 aromatic carbocycles. The molecule has 0 saturated heterocycles. The van der Waals surface area contributed by atoms with Crippen molar-refractivity contribution in [1.29, 1.82) is 0 Å². The Bertz CT molecular complexity index is 957. The number of aliphatic hydroxyl groups excluding tert-OH is 1. The molecule has 3 rings (SSSR count). The van der Waals surface area contributed by atoms with E-state index in [-0.39, 0.29) is 6.61 Å². The molecule has 170 valence electrons. The van der Waals surface area contributed by atoms with Gasteiger partial charge in [-0.05, 0) is 25.1 Å². The molecule has 0 aliphatic rings. The van der Waals surface area contributed by atoms with E-state index in [1.54, 1.807) is 10.8 Å². The molecule has 1 N–H and O–H groups in total. The van der Waals surface area contributed by atoms with Crippen LogP contribution in [0.25, 0.3) is 11.3 Å². The summed E-state index contributed by atoms with van der Waals surface area (Å²) in [5.74, 6) is 1.46. The van der Waals surface area contributed by atoms with E-state index in [0.717, 1.165) is 35.5 Å². The second-order valence-electron chi connectivity index (χ2n) is 7.75. The Kier molecular flexibility index (Phi) is 9.04. The van der Waals surface area contributed by atoms with E-state index in [2.05, 4.69) is 30.5 Å². The van der Waals surface area contributed by atoms with Crippen LogP contribution in [0.15, 0.2) is 73.3 Å². The van der Waals surface area contributed by atoms with Gasteiger partial charge in [-0.1, -0.05) is 61.5 Å². The standard InChI is InChI=1S/C26H33N3O3/c1-4-16-29(18-22(30)20-31-17-5-2)19-24-25(21-12-8-6-9-13-21)27-28(3)26(24)32-23-14-10-7-11-15-23/h5-15,22,30H,2,4,16-20H2,1,3H3/t22-/m0/s1. The number of benzene rings is 2. The van der Waals surface area contributed by atoms with Gasteiger partial charge in [-0.3, -0.25) is 4.90 Å². The summed E-state index contributed by atoms with van der Waals surface area (Å²) in [4.78, 5) is 2.23. The van der Waals surface area contributed by atoms with Gasteiger partial charge in [0.15, 0.2) is 0 Å². The van der Waals surface area contributed by atoms with Crippen LogP contribution in [0.3, 0.4) is 0 Å². The van der Waals surface area contributed by atoms with Crippen molar-refractivity contribution in [1.82, 2.24) is 14.7 Å². The lowest BCUT2D eigenvalue weighted by Crippen LogP contribution is -2.35. The smallest absolute Gasteiger partial charge is 0.222 e. The first kappa shape index (κ1) is 23.7. The third-order valence-corrected chi connectivity index (χ3v) is 5.03. The molecule has 0 aliphatic heterocycles. The molecule has 0 amide bonds. The molecule has 0 fully saturated rings. The van der Waals surface area contributed by atoms with Gasteiger partial charge in [0, 0.05) is 25.7 Å². The summed E-state index contributed by atoms with van der Waals surface area (Å²) in [7, 11) is 1.90. The van der Waals surface area contributed by atoms with Gasteiger partial charge in [-0.2, -0.15) is 5.10 Å². The monoisotopic (exact) mass is 435 g/mol. The highest BCUT2D eigenvalue weighted by molar-refractivity contribution is 5.65. The van der Waals surface area contributed by atoms with Gasteiger partial charge in [0.05, 0.1) is 24.9 Å². The van der Waals surface area contributed by atoms with E-state index >= 15 is 0 Å². The summed E-state index contributed by atoms with van der Waals surface area (Å²) in [5.41, 5.74) is 2.92. The van der Waals surface area contributed by atoms with Crippen molar-refractivity contribution in [2.24, 2.45) is 7.05 Å². The van der Waals surface area contributed by atoms with Crippen molar-refractivity contribution in [2.75, 3.05) is 26.3 Å². The first-order valence-electron chi connectivity index (χ1n) is 11.1. The number of aryl methyl sites for hydroxylation is 1. The van der Waals surface area contributed by atoms with Gasteiger partial charge in [-0.25, -0.2) is 4.68 Å². The number of rotatable bonds is 13. The Morgan fingerprint density at radius 3 is 2.47 bits per heavy atom. The lowest BCUT2D eigenvalue weighted by atomic mass is 10.1. The molecule has 1 aromatic heterocycles. The van der Waals surface area contributed by atoms with Crippen LogP contribution in [0.5, 0.6) is 11.6 Å². The first-order chi connectivity index (χ1) is 15.6. The van der Waals surface area contributed by atoms with E-state index in [1.807, 2.05) is 55.6 Å². The highest BCUT2D eigenvalue weighted by atomic mass is 16.5. The zero-order chi connectivity index (χ0) is 22.8. The number of hydrogen-bond donors (Lipinski definition) is 1. The third-order valence-electron chi connectivity index (χ3n) is 5.03. The van der Waals surface area contributed by atoms with Crippen LogP contribution in [-0.2, 0) is 18.3 Å². The highest BCUT2D eigenvalue weighted by Gasteiger charge is 2.23. The Morgan fingerprint density at radius 2 is 1.81 bits per heavy atom. The number of hydrogen-bond acceptors (Lipinski definition) is 5. The van der Waals surface area contributed by atoms with Crippen molar-refractivity contribution in [3.05, 3.63) is 78.9 Å². The van der Waals surface area contributed by atoms with Crippen molar-refractivity contribution in [2.45, 2.75) is 26.0 Å². The minimum atomic E-state index is -0.586. The van der Waals surface area contributed by atoms with E-state index < -0.39 is 6.10 Å². The lowest BCUT2D eigenvalue weighted by molar-refractivity contribution is 0.0245. The maximum absolute atomic E-state index is 10.5. The van der Waals surface area contributed by atoms with E-state index in [1.165, 1.54) is 0 Å². The molecule has 0 saturated carbocycles. The molecule has 0 aliphatic carbocycles. The summed E-state index contributed by atoms with van der Waals surface area (Å²) < 4.78 is 13.5. The molecular weight excluding hydrogens is 402 g/mol. The molecule has 0 radical (unpaired) electrons. The van der Waals surface area contributed by atoms with Crippen molar-refractivity contribution < 1.29 is 14.6 Å². The Balaban J connectivity index is 1.91.